The molecular formula is C39H52N4O6S. The second-order valence-electron chi connectivity index (χ2n) is 15.0. The molecule has 2 aliphatic carbocycles. The molecule has 7 rings (SSSR count). The monoisotopic (exact) mass is 704 g/mol. The van der Waals surface area contributed by atoms with Crippen molar-refractivity contribution in [2.45, 2.75) is 69.7 Å². The van der Waals surface area contributed by atoms with Gasteiger partial charge in [0.1, 0.15) is 5.75 Å². The van der Waals surface area contributed by atoms with Crippen molar-refractivity contribution in [3.63, 3.8) is 0 Å². The molecule has 5 aliphatic rings. The molecule has 3 heterocycles. The maximum atomic E-state index is 14.0. The van der Waals surface area contributed by atoms with E-state index in [0.29, 0.717) is 42.8 Å². The SMILES string of the molecule is COC1CN(C(=O)N[S@]2=NC(=O)c3ccc4c(c3)N(C[C@@H]3CC[C@H]3[C@@H](OC)/C=C/[C@H](OC)[C@H](C)C2)C[C@@]2(CCCc3cc(C)ccc32)CO4)C1. The van der Waals surface area contributed by atoms with Crippen LogP contribution >= 0.6 is 0 Å². The van der Waals surface area contributed by atoms with Crippen LogP contribution in [0.3, 0.4) is 0 Å². The van der Waals surface area contributed by atoms with Gasteiger partial charge >= 0.3 is 6.03 Å². The Morgan fingerprint density at radius 2 is 1.82 bits per heavy atom. The molecule has 10 nitrogen and oxygen atoms in total. The lowest BCUT2D eigenvalue weighted by molar-refractivity contribution is -0.00640. The first-order chi connectivity index (χ1) is 24.2. The van der Waals surface area contributed by atoms with Crippen LogP contribution in [0.25, 0.3) is 0 Å². The number of ether oxygens (including phenoxy) is 4. The zero-order valence-corrected chi connectivity index (χ0v) is 30.9. The van der Waals surface area contributed by atoms with E-state index in [1.54, 1.807) is 26.2 Å². The van der Waals surface area contributed by atoms with Gasteiger partial charge in [-0.1, -0.05) is 42.8 Å². The standard InChI is InChI=1S/C39H52N4O6S/c1-25-8-12-32-27(17-25)7-6-16-39(32)23-43-19-29-9-11-31(29)35(48-5)15-14-34(47-4)26(2)22-50(41-38(45)42-20-30(21-42)46-3)40-37(44)28-10-13-36(49-24-39)33(43)18-28/h8,10,12-15,17-18,26,29-31,34-35H,6-7,9,11,16,19-24H2,1-5H3,(H,40,41,44,45)/b15-14+/t26-,29+,31-,34+,35+,39+,50-/m1/s1. The number of amides is 3. The summed E-state index contributed by atoms with van der Waals surface area (Å²) in [7, 11) is 4.06. The lowest BCUT2D eigenvalue weighted by Crippen LogP contribution is -2.57. The van der Waals surface area contributed by atoms with Crippen LogP contribution in [0.15, 0.2) is 52.9 Å². The molecule has 2 fully saturated rings. The van der Waals surface area contributed by atoms with Gasteiger partial charge in [-0.25, -0.2) is 4.79 Å². The Morgan fingerprint density at radius 1 is 1.02 bits per heavy atom. The number of fused-ring (bicyclic) bond motifs is 4. The molecule has 0 aromatic heterocycles. The quantitative estimate of drug-likeness (QED) is 0.412. The third kappa shape index (κ3) is 6.98. The van der Waals surface area contributed by atoms with Gasteiger partial charge in [0.05, 0.1) is 43.7 Å². The van der Waals surface area contributed by atoms with Crippen molar-refractivity contribution in [3.05, 3.63) is 70.8 Å². The minimum absolute atomic E-state index is 0.0284. The average Bonchev–Trinajstić information content (AvgIpc) is 3.22. The van der Waals surface area contributed by atoms with E-state index in [0.717, 1.165) is 56.6 Å². The minimum atomic E-state index is -1.09. The highest BCUT2D eigenvalue weighted by atomic mass is 32.2. The van der Waals surface area contributed by atoms with Gasteiger partial charge in [0.2, 0.25) is 0 Å². The van der Waals surface area contributed by atoms with E-state index in [4.69, 9.17) is 18.9 Å². The van der Waals surface area contributed by atoms with Crippen molar-refractivity contribution < 1.29 is 28.5 Å². The Kier molecular flexibility index (Phi) is 10.4. The number of methoxy groups -OCH3 is 3. The molecule has 2 aromatic rings. The number of urea groups is 1. The first kappa shape index (κ1) is 35.2. The summed E-state index contributed by atoms with van der Waals surface area (Å²) in [6.07, 6.45) is 9.48. The summed E-state index contributed by atoms with van der Waals surface area (Å²) in [5.41, 5.74) is 5.37. The number of nitrogens with zero attached hydrogens (tertiary/aromatic N) is 3. The smallest absolute Gasteiger partial charge is 0.328 e. The summed E-state index contributed by atoms with van der Waals surface area (Å²) in [4.78, 5) is 31.4. The summed E-state index contributed by atoms with van der Waals surface area (Å²) in [5.74, 6) is 1.65. The van der Waals surface area contributed by atoms with Crippen molar-refractivity contribution in [1.82, 2.24) is 9.62 Å². The number of anilines is 1. The average molecular weight is 705 g/mol. The summed E-state index contributed by atoms with van der Waals surface area (Å²) in [6.45, 7) is 7.51. The van der Waals surface area contributed by atoms with E-state index >= 15 is 0 Å². The van der Waals surface area contributed by atoms with Gasteiger partial charge in [0.25, 0.3) is 5.91 Å². The molecule has 1 N–H and O–H groups in total. The number of carbonyl (C=O) groups excluding carboxylic acids is 2. The minimum Gasteiger partial charge on any atom is -0.490 e. The number of rotatable bonds is 4. The zero-order chi connectivity index (χ0) is 35.0. The Bertz CT molecular complexity index is 1660. The van der Waals surface area contributed by atoms with Crippen LogP contribution in [-0.2, 0) is 36.9 Å². The van der Waals surface area contributed by atoms with Crippen molar-refractivity contribution in [1.29, 1.82) is 0 Å². The highest BCUT2D eigenvalue weighted by Crippen LogP contribution is 2.47. The van der Waals surface area contributed by atoms with Gasteiger partial charge in [0.15, 0.2) is 0 Å². The van der Waals surface area contributed by atoms with Crippen molar-refractivity contribution in [3.8, 4) is 5.75 Å². The third-order valence-corrected chi connectivity index (χ3v) is 13.4. The number of carbonyl (C=O) groups is 2. The second kappa shape index (κ2) is 14.8. The molecule has 7 atom stereocenters. The zero-order valence-electron chi connectivity index (χ0n) is 30.1. The van der Waals surface area contributed by atoms with Crippen molar-refractivity contribution in [2.24, 2.45) is 22.1 Å². The van der Waals surface area contributed by atoms with Gasteiger partial charge in [-0.2, -0.15) is 4.36 Å². The molecule has 3 amide bonds. The normalized spacial score (nSPS) is 32.0. The number of nitrogens with one attached hydrogen (secondary N) is 1. The molecule has 1 spiro atoms. The van der Waals surface area contributed by atoms with Crippen LogP contribution in [0.2, 0.25) is 0 Å². The predicted molar refractivity (Wildman–Crippen MR) is 196 cm³/mol. The Labute approximate surface area is 299 Å². The number of aryl methyl sites for hydroxylation is 2. The largest absolute Gasteiger partial charge is 0.490 e. The van der Waals surface area contributed by atoms with Crippen molar-refractivity contribution in [2.75, 3.05) is 64.8 Å². The number of hydrogen-bond donors (Lipinski definition) is 1. The fraction of sp³-hybridized carbons (Fsp3) is 0.590. The molecule has 1 saturated heterocycles. The first-order valence-electron chi connectivity index (χ1n) is 18.1. The molecule has 50 heavy (non-hydrogen) atoms. The second-order valence-corrected chi connectivity index (χ2v) is 16.5. The fourth-order valence-electron chi connectivity index (χ4n) is 8.58. The number of hydrogen-bond acceptors (Lipinski definition) is 7. The van der Waals surface area contributed by atoms with Crippen LogP contribution in [0.5, 0.6) is 5.75 Å². The molecule has 2 bridgehead atoms. The highest BCUT2D eigenvalue weighted by Gasteiger charge is 2.44. The van der Waals surface area contributed by atoms with Crippen molar-refractivity contribution >= 4 is 28.5 Å². The lowest BCUT2D eigenvalue weighted by atomic mass is 9.68. The molecule has 270 valence electrons. The van der Waals surface area contributed by atoms with Gasteiger partial charge in [-0.05, 0) is 86.1 Å². The van der Waals surface area contributed by atoms with Gasteiger partial charge in [0, 0.05) is 62.0 Å². The third-order valence-electron chi connectivity index (χ3n) is 11.7. The maximum absolute atomic E-state index is 14.0. The predicted octanol–water partition coefficient (Wildman–Crippen LogP) is 5.63. The Morgan fingerprint density at radius 3 is 2.56 bits per heavy atom. The van der Waals surface area contributed by atoms with Crippen LogP contribution < -0.4 is 14.4 Å². The molecule has 0 unspecified atom stereocenters. The molecule has 1 saturated carbocycles. The summed E-state index contributed by atoms with van der Waals surface area (Å²) in [5, 5.41) is 0. The Balaban J connectivity index is 1.27. The van der Waals surface area contributed by atoms with Crippen LogP contribution in [0, 0.1) is 24.7 Å². The summed E-state index contributed by atoms with van der Waals surface area (Å²) < 4.78 is 31.9. The molecule has 3 aliphatic heterocycles. The van der Waals surface area contributed by atoms with E-state index in [1.807, 2.05) is 18.2 Å². The van der Waals surface area contributed by atoms with Gasteiger partial charge < -0.3 is 28.7 Å². The lowest BCUT2D eigenvalue weighted by Gasteiger charge is -2.46. The molecular weight excluding hydrogens is 653 g/mol. The number of benzene rings is 2. The van der Waals surface area contributed by atoms with E-state index in [9.17, 15) is 9.59 Å². The fourth-order valence-corrected chi connectivity index (χ4v) is 10.1. The summed E-state index contributed by atoms with van der Waals surface area (Å²) >= 11 is 0. The highest BCUT2D eigenvalue weighted by molar-refractivity contribution is 7.86. The molecule has 0 radical (unpaired) electrons. The maximum Gasteiger partial charge on any atom is 0.328 e. The molecule has 2 aromatic carbocycles. The topological polar surface area (TPSA) is 102 Å². The van der Waals surface area contributed by atoms with E-state index < -0.39 is 10.9 Å². The van der Waals surface area contributed by atoms with Gasteiger partial charge in [-0.3, -0.25) is 9.52 Å². The van der Waals surface area contributed by atoms with Crippen LogP contribution in [0.1, 0.15) is 59.7 Å². The summed E-state index contributed by atoms with van der Waals surface area (Å²) in [6, 6.07) is 12.4. The molecule has 11 heteroatoms. The van der Waals surface area contributed by atoms with E-state index in [1.165, 1.54) is 16.7 Å². The van der Waals surface area contributed by atoms with E-state index in [2.05, 4.69) is 58.2 Å². The van der Waals surface area contributed by atoms with Crippen LogP contribution in [0.4, 0.5) is 10.5 Å². The van der Waals surface area contributed by atoms with Crippen LogP contribution in [-0.4, -0.2) is 95.0 Å². The Hall–Kier alpha value is -3.25. The first-order valence-corrected chi connectivity index (χ1v) is 19.5. The number of likely N-dealkylation sites (tertiary alicyclic amines) is 1. The van der Waals surface area contributed by atoms with E-state index in [-0.39, 0.29) is 41.6 Å². The van der Waals surface area contributed by atoms with Gasteiger partial charge in [-0.15, -0.1) is 0 Å².